The molecule has 1 rings (SSSR count). The largest absolute Gasteiger partial charge is 0.352 e. The normalized spacial score (nSPS) is 12.2. The SMILES string of the molecule is CSCC(C)CNC(=O)c1ccccc1S. The molecular formula is C12H17NOS2. The second kappa shape index (κ2) is 6.86. The van der Waals surface area contributed by atoms with E-state index in [0.717, 1.165) is 10.6 Å². The first-order valence-corrected chi connectivity index (χ1v) is 7.04. The van der Waals surface area contributed by atoms with Gasteiger partial charge in [0.05, 0.1) is 5.56 Å². The Balaban J connectivity index is 2.50. The summed E-state index contributed by atoms with van der Waals surface area (Å²) in [6.07, 6.45) is 2.07. The summed E-state index contributed by atoms with van der Waals surface area (Å²) in [7, 11) is 0. The topological polar surface area (TPSA) is 29.1 Å². The number of carbonyl (C=O) groups is 1. The average Bonchev–Trinajstić information content (AvgIpc) is 2.27. The molecule has 0 aliphatic carbocycles. The van der Waals surface area contributed by atoms with Crippen LogP contribution in [0.3, 0.4) is 0 Å². The molecule has 0 radical (unpaired) electrons. The molecule has 0 aliphatic rings. The van der Waals surface area contributed by atoms with Crippen molar-refractivity contribution >= 4 is 30.3 Å². The van der Waals surface area contributed by atoms with Crippen LogP contribution in [0.4, 0.5) is 0 Å². The van der Waals surface area contributed by atoms with Crippen molar-refractivity contribution in [3.8, 4) is 0 Å². The summed E-state index contributed by atoms with van der Waals surface area (Å²) in [5.41, 5.74) is 0.641. The minimum atomic E-state index is -0.0430. The number of carbonyl (C=O) groups excluding carboxylic acids is 1. The Morgan fingerprint density at radius 1 is 1.50 bits per heavy atom. The van der Waals surface area contributed by atoms with Gasteiger partial charge in [0.15, 0.2) is 0 Å². The molecule has 0 spiro atoms. The summed E-state index contributed by atoms with van der Waals surface area (Å²) in [5.74, 6) is 1.51. The van der Waals surface area contributed by atoms with Crippen LogP contribution in [0.25, 0.3) is 0 Å². The Kier molecular flexibility index (Phi) is 5.77. The number of hydrogen-bond acceptors (Lipinski definition) is 3. The van der Waals surface area contributed by atoms with E-state index < -0.39 is 0 Å². The van der Waals surface area contributed by atoms with Crippen molar-refractivity contribution in [2.75, 3.05) is 18.6 Å². The van der Waals surface area contributed by atoms with E-state index >= 15 is 0 Å². The predicted molar refractivity (Wildman–Crippen MR) is 73.6 cm³/mol. The van der Waals surface area contributed by atoms with Crippen LogP contribution in [-0.2, 0) is 0 Å². The van der Waals surface area contributed by atoms with Crippen molar-refractivity contribution in [3.05, 3.63) is 29.8 Å². The maximum atomic E-state index is 11.8. The molecule has 1 unspecified atom stereocenters. The van der Waals surface area contributed by atoms with E-state index in [1.807, 2.05) is 18.2 Å². The van der Waals surface area contributed by atoms with Gasteiger partial charge < -0.3 is 5.32 Å². The number of benzene rings is 1. The molecule has 0 bridgehead atoms. The Morgan fingerprint density at radius 2 is 2.19 bits per heavy atom. The molecule has 0 saturated carbocycles. The second-order valence-electron chi connectivity index (χ2n) is 3.79. The van der Waals surface area contributed by atoms with E-state index in [1.165, 1.54) is 0 Å². The number of nitrogens with one attached hydrogen (secondary N) is 1. The molecule has 88 valence electrons. The molecule has 1 atom stereocenters. The summed E-state index contributed by atoms with van der Waals surface area (Å²) < 4.78 is 0. The summed E-state index contributed by atoms with van der Waals surface area (Å²) >= 11 is 6.05. The van der Waals surface area contributed by atoms with Crippen LogP contribution in [0.2, 0.25) is 0 Å². The van der Waals surface area contributed by atoms with Crippen LogP contribution in [0.5, 0.6) is 0 Å². The van der Waals surface area contributed by atoms with Gasteiger partial charge in [0.1, 0.15) is 0 Å². The van der Waals surface area contributed by atoms with Gasteiger partial charge in [-0.15, -0.1) is 12.6 Å². The molecule has 0 aromatic heterocycles. The summed E-state index contributed by atoms with van der Waals surface area (Å²) in [6.45, 7) is 2.84. The number of thioether (sulfide) groups is 1. The maximum Gasteiger partial charge on any atom is 0.252 e. The zero-order valence-electron chi connectivity index (χ0n) is 9.56. The molecule has 2 nitrogen and oxygen atoms in total. The summed E-state index contributed by atoms with van der Waals surface area (Å²) in [4.78, 5) is 12.5. The molecule has 1 aromatic rings. The quantitative estimate of drug-likeness (QED) is 0.792. The monoisotopic (exact) mass is 255 g/mol. The zero-order chi connectivity index (χ0) is 12.0. The summed E-state index contributed by atoms with van der Waals surface area (Å²) in [5, 5.41) is 2.92. The van der Waals surface area contributed by atoms with E-state index in [1.54, 1.807) is 17.8 Å². The van der Waals surface area contributed by atoms with Crippen LogP contribution >= 0.6 is 24.4 Å². The van der Waals surface area contributed by atoms with Crippen LogP contribution in [-0.4, -0.2) is 24.5 Å². The number of hydrogen-bond donors (Lipinski definition) is 2. The van der Waals surface area contributed by atoms with Crippen LogP contribution < -0.4 is 5.32 Å². The van der Waals surface area contributed by atoms with Crippen molar-refractivity contribution in [2.24, 2.45) is 5.92 Å². The van der Waals surface area contributed by atoms with Gasteiger partial charge in [0.2, 0.25) is 0 Å². The molecular weight excluding hydrogens is 238 g/mol. The lowest BCUT2D eigenvalue weighted by Crippen LogP contribution is -2.29. The fourth-order valence-corrected chi connectivity index (χ4v) is 2.32. The van der Waals surface area contributed by atoms with Gasteiger partial charge in [-0.1, -0.05) is 19.1 Å². The minimum Gasteiger partial charge on any atom is -0.352 e. The highest BCUT2D eigenvalue weighted by atomic mass is 32.2. The Labute approximate surface area is 107 Å². The molecule has 1 amide bonds. The first-order valence-electron chi connectivity index (χ1n) is 5.20. The fraction of sp³-hybridized carbons (Fsp3) is 0.417. The van der Waals surface area contributed by atoms with Gasteiger partial charge in [0.25, 0.3) is 5.91 Å². The van der Waals surface area contributed by atoms with Gasteiger partial charge in [-0.05, 0) is 30.1 Å². The highest BCUT2D eigenvalue weighted by Gasteiger charge is 2.09. The third kappa shape index (κ3) is 4.10. The number of amides is 1. The van der Waals surface area contributed by atoms with Crippen molar-refractivity contribution < 1.29 is 4.79 Å². The lowest BCUT2D eigenvalue weighted by atomic mass is 10.2. The molecule has 1 N–H and O–H groups in total. The highest BCUT2D eigenvalue weighted by molar-refractivity contribution is 7.98. The predicted octanol–water partition coefficient (Wildman–Crippen LogP) is 2.70. The van der Waals surface area contributed by atoms with Crippen LogP contribution in [0.1, 0.15) is 17.3 Å². The Bertz CT molecular complexity index is 355. The van der Waals surface area contributed by atoms with Gasteiger partial charge in [-0.25, -0.2) is 0 Å². The van der Waals surface area contributed by atoms with E-state index in [-0.39, 0.29) is 5.91 Å². The van der Waals surface area contributed by atoms with E-state index in [0.29, 0.717) is 18.0 Å². The van der Waals surface area contributed by atoms with E-state index in [9.17, 15) is 4.79 Å². The molecule has 0 aliphatic heterocycles. The molecule has 1 aromatic carbocycles. The zero-order valence-corrected chi connectivity index (χ0v) is 11.3. The average molecular weight is 255 g/mol. The third-order valence-electron chi connectivity index (χ3n) is 2.21. The smallest absolute Gasteiger partial charge is 0.252 e. The van der Waals surface area contributed by atoms with Gasteiger partial charge >= 0.3 is 0 Å². The van der Waals surface area contributed by atoms with E-state index in [4.69, 9.17) is 0 Å². The molecule has 4 heteroatoms. The van der Waals surface area contributed by atoms with Crippen molar-refractivity contribution in [3.63, 3.8) is 0 Å². The Hall–Kier alpha value is -0.610. The summed E-state index contributed by atoms with van der Waals surface area (Å²) in [6, 6.07) is 7.33. The Morgan fingerprint density at radius 3 is 2.81 bits per heavy atom. The second-order valence-corrected chi connectivity index (χ2v) is 5.18. The van der Waals surface area contributed by atoms with Crippen molar-refractivity contribution in [1.29, 1.82) is 0 Å². The number of rotatable bonds is 5. The molecule has 0 saturated heterocycles. The van der Waals surface area contributed by atoms with Gasteiger partial charge in [0, 0.05) is 11.4 Å². The van der Waals surface area contributed by atoms with Crippen molar-refractivity contribution in [2.45, 2.75) is 11.8 Å². The van der Waals surface area contributed by atoms with E-state index in [2.05, 4.69) is 31.1 Å². The standard InChI is InChI=1S/C12H17NOS2/c1-9(8-16-2)7-13-12(14)10-5-3-4-6-11(10)15/h3-6,9,15H,7-8H2,1-2H3,(H,13,14). The first kappa shape index (κ1) is 13.5. The third-order valence-corrected chi connectivity index (χ3v) is 3.50. The minimum absolute atomic E-state index is 0.0430. The molecule has 0 heterocycles. The first-order chi connectivity index (χ1) is 7.65. The fourth-order valence-electron chi connectivity index (χ4n) is 1.37. The highest BCUT2D eigenvalue weighted by Crippen LogP contribution is 2.12. The number of thiol groups is 1. The van der Waals surface area contributed by atoms with Gasteiger partial charge in [-0.2, -0.15) is 11.8 Å². The lowest BCUT2D eigenvalue weighted by Gasteiger charge is -2.11. The van der Waals surface area contributed by atoms with Crippen LogP contribution in [0, 0.1) is 5.92 Å². The lowest BCUT2D eigenvalue weighted by molar-refractivity contribution is 0.0946. The maximum absolute atomic E-state index is 11.8. The van der Waals surface area contributed by atoms with Crippen molar-refractivity contribution in [1.82, 2.24) is 5.32 Å². The molecule has 0 fully saturated rings. The molecule has 16 heavy (non-hydrogen) atoms. The van der Waals surface area contributed by atoms with Crippen LogP contribution in [0.15, 0.2) is 29.2 Å². The van der Waals surface area contributed by atoms with Gasteiger partial charge in [-0.3, -0.25) is 4.79 Å².